The van der Waals surface area contributed by atoms with Crippen molar-refractivity contribution in [3.63, 3.8) is 0 Å². The lowest BCUT2D eigenvalue weighted by atomic mass is 9.94. The molecule has 1 aromatic carbocycles. The minimum absolute atomic E-state index is 0.113. The highest BCUT2D eigenvalue weighted by Gasteiger charge is 2.18. The van der Waals surface area contributed by atoms with Gasteiger partial charge in [0.25, 0.3) is 0 Å². The van der Waals surface area contributed by atoms with Crippen molar-refractivity contribution in [3.05, 3.63) is 53.0 Å². The highest BCUT2D eigenvalue weighted by Crippen LogP contribution is 2.25. The molecule has 4 heteroatoms. The Morgan fingerprint density at radius 2 is 2.05 bits per heavy atom. The van der Waals surface area contributed by atoms with Gasteiger partial charge in [-0.05, 0) is 43.2 Å². The topological polar surface area (TPSA) is 53.8 Å². The summed E-state index contributed by atoms with van der Waals surface area (Å²) < 4.78 is 13.5. The Labute approximate surface area is 115 Å². The molecule has 1 aliphatic carbocycles. The average molecular weight is 266 g/mol. The SMILES string of the molecule is N#Cc1cc(F)cc(-c2ccc3c(n2)CCCC3=O)c1. The van der Waals surface area contributed by atoms with Crippen LogP contribution in [0.2, 0.25) is 0 Å². The predicted octanol–water partition coefficient (Wildman–Crippen LogP) is 3.28. The average Bonchev–Trinajstić information content (AvgIpc) is 2.46. The van der Waals surface area contributed by atoms with Gasteiger partial charge in [-0.2, -0.15) is 5.26 Å². The van der Waals surface area contributed by atoms with Crippen molar-refractivity contribution in [1.82, 2.24) is 4.98 Å². The summed E-state index contributed by atoms with van der Waals surface area (Å²) in [6.07, 6.45) is 2.12. The fourth-order valence-electron chi connectivity index (χ4n) is 2.46. The first-order valence-electron chi connectivity index (χ1n) is 6.41. The Bertz CT molecular complexity index is 747. The summed E-state index contributed by atoms with van der Waals surface area (Å²) in [5.41, 5.74) is 2.84. The summed E-state index contributed by atoms with van der Waals surface area (Å²) in [7, 11) is 0. The zero-order valence-electron chi connectivity index (χ0n) is 10.7. The Balaban J connectivity index is 2.10. The van der Waals surface area contributed by atoms with Crippen LogP contribution >= 0.6 is 0 Å². The van der Waals surface area contributed by atoms with Gasteiger partial charge in [-0.15, -0.1) is 0 Å². The number of pyridine rings is 1. The third kappa shape index (κ3) is 2.19. The van der Waals surface area contributed by atoms with Crippen molar-refractivity contribution in [3.8, 4) is 17.3 Å². The van der Waals surface area contributed by atoms with Crippen molar-refractivity contribution in [2.75, 3.05) is 0 Å². The molecule has 20 heavy (non-hydrogen) atoms. The van der Waals surface area contributed by atoms with Crippen LogP contribution in [0.1, 0.15) is 34.5 Å². The molecule has 0 spiro atoms. The minimum atomic E-state index is -0.463. The maximum Gasteiger partial charge on any atom is 0.164 e. The summed E-state index contributed by atoms with van der Waals surface area (Å²) in [5.74, 6) is -0.350. The van der Waals surface area contributed by atoms with E-state index in [9.17, 15) is 9.18 Å². The van der Waals surface area contributed by atoms with E-state index in [1.807, 2.05) is 6.07 Å². The van der Waals surface area contributed by atoms with Crippen molar-refractivity contribution < 1.29 is 9.18 Å². The van der Waals surface area contributed by atoms with Gasteiger partial charge in [0, 0.05) is 17.5 Å². The standard InChI is InChI=1S/C16H11FN2O/c17-12-7-10(9-18)6-11(8-12)14-5-4-13-15(19-14)2-1-3-16(13)20/h4-8H,1-3H2. The Hall–Kier alpha value is -2.54. The van der Waals surface area contributed by atoms with E-state index in [4.69, 9.17) is 5.26 Å². The number of hydrogen-bond donors (Lipinski definition) is 0. The number of benzene rings is 1. The number of aromatic nitrogens is 1. The van der Waals surface area contributed by atoms with E-state index in [2.05, 4.69) is 4.98 Å². The first-order valence-corrected chi connectivity index (χ1v) is 6.41. The molecule has 98 valence electrons. The van der Waals surface area contributed by atoms with Gasteiger partial charge in [0.1, 0.15) is 5.82 Å². The van der Waals surface area contributed by atoms with E-state index in [-0.39, 0.29) is 11.3 Å². The fraction of sp³-hybridized carbons (Fsp3) is 0.188. The first-order chi connectivity index (χ1) is 9.67. The van der Waals surface area contributed by atoms with Gasteiger partial charge in [-0.1, -0.05) is 0 Å². The second-order valence-electron chi connectivity index (χ2n) is 4.81. The van der Waals surface area contributed by atoms with Gasteiger partial charge in [-0.3, -0.25) is 9.78 Å². The number of nitriles is 1. The largest absolute Gasteiger partial charge is 0.294 e. The molecule has 3 nitrogen and oxygen atoms in total. The van der Waals surface area contributed by atoms with Crippen molar-refractivity contribution >= 4 is 5.78 Å². The molecule has 0 unspecified atom stereocenters. The molecule has 1 heterocycles. The summed E-state index contributed by atoms with van der Waals surface area (Å²) in [6.45, 7) is 0. The Kier molecular flexibility index (Phi) is 3.03. The smallest absolute Gasteiger partial charge is 0.164 e. The third-order valence-electron chi connectivity index (χ3n) is 3.41. The summed E-state index contributed by atoms with van der Waals surface area (Å²) in [6, 6.07) is 9.51. The van der Waals surface area contributed by atoms with E-state index in [1.54, 1.807) is 18.2 Å². The summed E-state index contributed by atoms with van der Waals surface area (Å²) in [4.78, 5) is 16.2. The Morgan fingerprint density at radius 1 is 1.20 bits per heavy atom. The number of aryl methyl sites for hydroxylation is 1. The maximum atomic E-state index is 13.5. The van der Waals surface area contributed by atoms with Crippen molar-refractivity contribution in [1.29, 1.82) is 5.26 Å². The summed E-state index contributed by atoms with van der Waals surface area (Å²) in [5, 5.41) is 8.88. The number of carbonyl (C=O) groups is 1. The fourth-order valence-corrected chi connectivity index (χ4v) is 2.46. The van der Waals surface area contributed by atoms with Crippen LogP contribution in [0.4, 0.5) is 4.39 Å². The molecule has 0 radical (unpaired) electrons. The molecule has 1 aliphatic rings. The number of rotatable bonds is 1. The highest BCUT2D eigenvalue weighted by molar-refractivity contribution is 5.98. The Morgan fingerprint density at radius 3 is 2.85 bits per heavy atom. The van der Waals surface area contributed by atoms with Crippen LogP contribution in [0, 0.1) is 17.1 Å². The van der Waals surface area contributed by atoms with E-state index in [1.165, 1.54) is 12.1 Å². The molecular weight excluding hydrogens is 255 g/mol. The predicted molar refractivity (Wildman–Crippen MR) is 71.6 cm³/mol. The number of carbonyl (C=O) groups excluding carboxylic acids is 1. The first kappa shape index (κ1) is 12.5. The zero-order chi connectivity index (χ0) is 14.1. The molecule has 3 rings (SSSR count). The van der Waals surface area contributed by atoms with Gasteiger partial charge < -0.3 is 0 Å². The van der Waals surface area contributed by atoms with Crippen LogP contribution in [-0.2, 0) is 6.42 Å². The molecule has 0 saturated carbocycles. The van der Waals surface area contributed by atoms with Gasteiger partial charge in [0.15, 0.2) is 5.78 Å². The highest BCUT2D eigenvalue weighted by atomic mass is 19.1. The van der Waals surface area contributed by atoms with Gasteiger partial charge in [0.05, 0.1) is 23.0 Å². The number of Topliss-reactive ketones (excluding diaryl/α,β-unsaturated/α-hetero) is 1. The molecular formula is C16H11FN2O. The number of ketones is 1. The monoisotopic (exact) mass is 266 g/mol. The summed E-state index contributed by atoms with van der Waals surface area (Å²) >= 11 is 0. The molecule has 0 N–H and O–H groups in total. The molecule has 0 amide bonds. The van der Waals surface area contributed by atoms with Crippen LogP contribution in [0.3, 0.4) is 0 Å². The van der Waals surface area contributed by atoms with E-state index in [0.717, 1.165) is 18.5 Å². The van der Waals surface area contributed by atoms with Gasteiger partial charge in [0.2, 0.25) is 0 Å². The van der Waals surface area contributed by atoms with E-state index >= 15 is 0 Å². The second-order valence-corrected chi connectivity index (χ2v) is 4.81. The van der Waals surface area contributed by atoms with E-state index < -0.39 is 5.82 Å². The van der Waals surface area contributed by atoms with Crippen LogP contribution in [0.25, 0.3) is 11.3 Å². The number of fused-ring (bicyclic) bond motifs is 1. The van der Waals surface area contributed by atoms with Crippen LogP contribution < -0.4 is 0 Å². The number of hydrogen-bond acceptors (Lipinski definition) is 3. The molecule has 0 saturated heterocycles. The number of nitrogens with zero attached hydrogens (tertiary/aromatic N) is 2. The lowest BCUT2D eigenvalue weighted by Gasteiger charge is -2.14. The number of halogens is 1. The second kappa shape index (κ2) is 4.86. The molecule has 1 aromatic heterocycles. The third-order valence-corrected chi connectivity index (χ3v) is 3.41. The van der Waals surface area contributed by atoms with Crippen LogP contribution in [0.5, 0.6) is 0 Å². The van der Waals surface area contributed by atoms with Crippen LogP contribution in [0.15, 0.2) is 30.3 Å². The minimum Gasteiger partial charge on any atom is -0.294 e. The molecule has 0 aliphatic heterocycles. The van der Waals surface area contributed by atoms with Crippen molar-refractivity contribution in [2.24, 2.45) is 0 Å². The maximum absolute atomic E-state index is 13.5. The zero-order valence-corrected chi connectivity index (χ0v) is 10.7. The quantitative estimate of drug-likeness (QED) is 0.796. The molecule has 0 bridgehead atoms. The molecule has 2 aromatic rings. The lowest BCUT2D eigenvalue weighted by molar-refractivity contribution is 0.0971. The molecule has 0 fully saturated rings. The normalized spacial score (nSPS) is 13.7. The van der Waals surface area contributed by atoms with Gasteiger partial charge >= 0.3 is 0 Å². The van der Waals surface area contributed by atoms with Crippen LogP contribution in [-0.4, -0.2) is 10.8 Å². The molecule has 0 atom stereocenters. The van der Waals surface area contributed by atoms with E-state index in [0.29, 0.717) is 23.2 Å². The van der Waals surface area contributed by atoms with Gasteiger partial charge in [-0.25, -0.2) is 4.39 Å². The van der Waals surface area contributed by atoms with Crippen molar-refractivity contribution in [2.45, 2.75) is 19.3 Å². The lowest BCUT2D eigenvalue weighted by Crippen LogP contribution is -2.12.